The Hall–Kier alpha value is -3.58. The third-order valence-corrected chi connectivity index (χ3v) is 5.74. The molecule has 8 heteroatoms. The van der Waals surface area contributed by atoms with E-state index in [0.717, 1.165) is 5.56 Å². The Kier molecular flexibility index (Phi) is 6.51. The maximum Gasteiger partial charge on any atom is 0.295 e. The lowest BCUT2D eigenvalue weighted by Gasteiger charge is -2.23. The predicted octanol–water partition coefficient (Wildman–Crippen LogP) is 5.14. The molecule has 4 rings (SSSR count). The Labute approximate surface area is 194 Å². The highest BCUT2D eigenvalue weighted by Gasteiger charge is 2.47. The first-order valence-electron chi connectivity index (χ1n) is 10.4. The van der Waals surface area contributed by atoms with Crippen LogP contribution >= 0.6 is 11.6 Å². The number of carbonyl (C=O) groups excluding carboxylic acids is 2. The number of aliphatic hydroxyl groups is 1. The summed E-state index contributed by atoms with van der Waals surface area (Å²) in [5, 5.41) is 11.3. The van der Waals surface area contributed by atoms with E-state index in [2.05, 4.69) is 0 Å². The van der Waals surface area contributed by atoms with Crippen molar-refractivity contribution in [2.75, 3.05) is 13.2 Å². The average molecular weight is 470 g/mol. The van der Waals surface area contributed by atoms with Crippen molar-refractivity contribution in [2.24, 2.45) is 0 Å². The van der Waals surface area contributed by atoms with Gasteiger partial charge in [-0.25, -0.2) is 4.39 Å². The van der Waals surface area contributed by atoms with Crippen molar-refractivity contribution in [1.29, 1.82) is 0 Å². The van der Waals surface area contributed by atoms with E-state index in [4.69, 9.17) is 20.8 Å². The molecule has 1 atom stereocenters. The number of aliphatic hydroxyl groups excluding tert-OH is 1. The zero-order valence-corrected chi connectivity index (χ0v) is 18.5. The van der Waals surface area contributed by atoms with Crippen LogP contribution in [0.15, 0.2) is 70.9 Å². The molecule has 0 aliphatic carbocycles. The molecule has 0 bridgehead atoms. The van der Waals surface area contributed by atoms with Gasteiger partial charge in [0, 0.05) is 12.1 Å². The SMILES string of the molecule is CCOc1ccc(Cl)c(/C(O)=C2/C(=O)C(=O)N(CCc3ccc(F)cc3)C2c2ccco2)c1. The number of benzene rings is 2. The molecule has 0 saturated carbocycles. The molecule has 1 aliphatic rings. The van der Waals surface area contributed by atoms with Gasteiger partial charge < -0.3 is 19.2 Å². The van der Waals surface area contributed by atoms with Gasteiger partial charge in [-0.1, -0.05) is 23.7 Å². The third kappa shape index (κ3) is 4.50. The van der Waals surface area contributed by atoms with Gasteiger partial charge in [0.1, 0.15) is 29.1 Å². The van der Waals surface area contributed by atoms with Crippen molar-refractivity contribution in [3.05, 3.63) is 94.2 Å². The number of ketones is 1. The number of rotatable bonds is 7. The molecular formula is C25H21ClFNO5. The van der Waals surface area contributed by atoms with Crippen LogP contribution in [0.4, 0.5) is 4.39 Å². The molecule has 1 saturated heterocycles. The van der Waals surface area contributed by atoms with E-state index in [1.807, 2.05) is 6.92 Å². The van der Waals surface area contributed by atoms with Crippen LogP contribution in [0.5, 0.6) is 5.75 Å². The molecule has 1 fully saturated rings. The fourth-order valence-electron chi connectivity index (χ4n) is 3.84. The van der Waals surface area contributed by atoms with Crippen LogP contribution in [0.1, 0.15) is 29.9 Å². The van der Waals surface area contributed by atoms with Gasteiger partial charge in [-0.2, -0.15) is 0 Å². The quantitative estimate of drug-likeness (QED) is 0.294. The van der Waals surface area contributed by atoms with Crippen LogP contribution in [0.2, 0.25) is 5.02 Å². The van der Waals surface area contributed by atoms with Crippen molar-refractivity contribution < 1.29 is 28.2 Å². The predicted molar refractivity (Wildman–Crippen MR) is 120 cm³/mol. The maximum atomic E-state index is 13.2. The van der Waals surface area contributed by atoms with Crippen molar-refractivity contribution >= 4 is 29.1 Å². The standard InChI is InChI=1S/C25H21ClFNO5/c1-2-32-17-9-10-19(26)18(14-17)23(29)21-22(20-4-3-13-33-20)28(25(31)24(21)30)12-11-15-5-7-16(27)8-6-15/h3-10,13-14,22,29H,2,11-12H2,1H3/b23-21-. The van der Waals surface area contributed by atoms with Crippen LogP contribution in [0.3, 0.4) is 0 Å². The Bertz CT molecular complexity index is 1200. The Balaban J connectivity index is 1.75. The number of carbonyl (C=O) groups is 2. The first kappa shape index (κ1) is 22.6. The summed E-state index contributed by atoms with van der Waals surface area (Å²) in [6.07, 6.45) is 1.81. The highest BCUT2D eigenvalue weighted by atomic mass is 35.5. The lowest BCUT2D eigenvalue weighted by molar-refractivity contribution is -0.140. The van der Waals surface area contributed by atoms with E-state index < -0.39 is 23.5 Å². The number of amides is 1. The first-order chi connectivity index (χ1) is 15.9. The van der Waals surface area contributed by atoms with E-state index in [1.165, 1.54) is 29.4 Å². The number of halogens is 2. The second-order valence-corrected chi connectivity index (χ2v) is 7.87. The van der Waals surface area contributed by atoms with Crippen LogP contribution in [-0.4, -0.2) is 34.8 Å². The summed E-state index contributed by atoms with van der Waals surface area (Å²) < 4.78 is 24.2. The number of hydrogen-bond acceptors (Lipinski definition) is 5. The number of ether oxygens (including phenoxy) is 1. The molecule has 3 aromatic rings. The Morgan fingerprint density at radius 1 is 1.18 bits per heavy atom. The minimum atomic E-state index is -0.938. The summed E-state index contributed by atoms with van der Waals surface area (Å²) in [5.74, 6) is -1.59. The van der Waals surface area contributed by atoms with Gasteiger partial charge in [-0.15, -0.1) is 0 Å². The molecule has 1 aromatic heterocycles. The summed E-state index contributed by atoms with van der Waals surface area (Å²) in [7, 11) is 0. The normalized spacial score (nSPS) is 17.5. The van der Waals surface area contributed by atoms with Gasteiger partial charge in [0.2, 0.25) is 0 Å². The number of likely N-dealkylation sites (tertiary alicyclic amines) is 1. The zero-order valence-electron chi connectivity index (χ0n) is 17.8. The number of nitrogens with zero attached hydrogens (tertiary/aromatic N) is 1. The third-order valence-electron chi connectivity index (χ3n) is 5.41. The molecule has 33 heavy (non-hydrogen) atoms. The van der Waals surface area contributed by atoms with Crippen LogP contribution in [0.25, 0.3) is 5.76 Å². The first-order valence-corrected chi connectivity index (χ1v) is 10.8. The number of furan rings is 1. The lowest BCUT2D eigenvalue weighted by atomic mass is 9.99. The van der Waals surface area contributed by atoms with Gasteiger partial charge in [0.05, 0.1) is 23.5 Å². The minimum absolute atomic E-state index is 0.121. The van der Waals surface area contributed by atoms with Gasteiger partial charge >= 0.3 is 0 Å². The van der Waals surface area contributed by atoms with E-state index in [0.29, 0.717) is 24.5 Å². The largest absolute Gasteiger partial charge is 0.507 e. The Morgan fingerprint density at radius 2 is 1.94 bits per heavy atom. The van der Waals surface area contributed by atoms with Gasteiger partial charge in [0.15, 0.2) is 0 Å². The van der Waals surface area contributed by atoms with Crippen LogP contribution in [-0.2, 0) is 16.0 Å². The lowest BCUT2D eigenvalue weighted by Crippen LogP contribution is -2.31. The smallest absolute Gasteiger partial charge is 0.295 e. The van der Waals surface area contributed by atoms with Crippen molar-refractivity contribution in [3.63, 3.8) is 0 Å². The molecule has 1 amide bonds. The topological polar surface area (TPSA) is 80.0 Å². The van der Waals surface area contributed by atoms with E-state index in [9.17, 15) is 19.1 Å². The highest BCUT2D eigenvalue weighted by molar-refractivity contribution is 6.47. The zero-order chi connectivity index (χ0) is 23.5. The number of Topliss-reactive ketones (excluding diaryl/α,β-unsaturated/α-hetero) is 1. The fraction of sp³-hybridized carbons (Fsp3) is 0.200. The minimum Gasteiger partial charge on any atom is -0.507 e. The van der Waals surface area contributed by atoms with Crippen LogP contribution < -0.4 is 4.74 Å². The van der Waals surface area contributed by atoms with Gasteiger partial charge in [0.25, 0.3) is 11.7 Å². The van der Waals surface area contributed by atoms with Crippen molar-refractivity contribution in [2.45, 2.75) is 19.4 Å². The monoisotopic (exact) mass is 469 g/mol. The maximum absolute atomic E-state index is 13.2. The van der Waals surface area contributed by atoms with E-state index in [1.54, 1.807) is 36.4 Å². The Morgan fingerprint density at radius 3 is 2.61 bits per heavy atom. The second-order valence-electron chi connectivity index (χ2n) is 7.46. The summed E-state index contributed by atoms with van der Waals surface area (Å²) in [6, 6.07) is 13.0. The summed E-state index contributed by atoms with van der Waals surface area (Å²) in [4.78, 5) is 27.3. The highest BCUT2D eigenvalue weighted by Crippen LogP contribution is 2.41. The summed E-state index contributed by atoms with van der Waals surface area (Å²) in [5.41, 5.74) is 0.851. The summed E-state index contributed by atoms with van der Waals surface area (Å²) >= 11 is 6.30. The van der Waals surface area contributed by atoms with E-state index >= 15 is 0 Å². The molecule has 0 radical (unpaired) electrons. The van der Waals surface area contributed by atoms with Crippen molar-refractivity contribution in [3.8, 4) is 5.75 Å². The fourth-order valence-corrected chi connectivity index (χ4v) is 4.05. The molecule has 2 heterocycles. The van der Waals surface area contributed by atoms with E-state index in [-0.39, 0.29) is 28.5 Å². The van der Waals surface area contributed by atoms with Gasteiger partial charge in [-0.3, -0.25) is 9.59 Å². The molecule has 6 nitrogen and oxygen atoms in total. The molecular weight excluding hydrogens is 449 g/mol. The molecule has 1 N–H and O–H groups in total. The molecule has 170 valence electrons. The summed E-state index contributed by atoms with van der Waals surface area (Å²) in [6.45, 7) is 2.38. The van der Waals surface area contributed by atoms with Gasteiger partial charge in [-0.05, 0) is 61.4 Å². The van der Waals surface area contributed by atoms with Crippen molar-refractivity contribution in [1.82, 2.24) is 4.90 Å². The molecule has 1 unspecified atom stereocenters. The number of hydrogen-bond donors (Lipinski definition) is 1. The molecule has 2 aromatic carbocycles. The molecule has 1 aliphatic heterocycles. The van der Waals surface area contributed by atoms with Crippen LogP contribution in [0, 0.1) is 5.82 Å². The molecule has 0 spiro atoms. The average Bonchev–Trinajstić information content (AvgIpc) is 3.42. The second kappa shape index (κ2) is 9.50.